The van der Waals surface area contributed by atoms with Crippen LogP contribution < -0.4 is 5.32 Å². The minimum Gasteiger partial charge on any atom is -0.373 e. The van der Waals surface area contributed by atoms with Crippen LogP contribution in [0.5, 0.6) is 0 Å². The first-order valence-electron chi connectivity index (χ1n) is 8.52. The largest absolute Gasteiger partial charge is 0.373 e. The van der Waals surface area contributed by atoms with Gasteiger partial charge in [-0.1, -0.05) is 0 Å². The number of hydrogen-bond donors (Lipinski definition) is 1. The first-order chi connectivity index (χ1) is 10.1. The van der Waals surface area contributed by atoms with Gasteiger partial charge in [0.15, 0.2) is 0 Å². The molecule has 1 saturated carbocycles. The van der Waals surface area contributed by atoms with Gasteiger partial charge in [-0.15, -0.1) is 0 Å². The highest BCUT2D eigenvalue weighted by Crippen LogP contribution is 2.22. The SMILES string of the molecule is C[C@@H]1CN(C[C@H]2CCCN2C(=O)CNC2CC2)C[C@H](C)O1. The van der Waals surface area contributed by atoms with E-state index in [1.54, 1.807) is 0 Å². The molecule has 5 nitrogen and oxygen atoms in total. The summed E-state index contributed by atoms with van der Waals surface area (Å²) in [6.07, 6.45) is 5.37. The number of amides is 1. The highest BCUT2D eigenvalue weighted by Gasteiger charge is 2.32. The second-order valence-electron chi connectivity index (χ2n) is 7.01. The van der Waals surface area contributed by atoms with Gasteiger partial charge in [0.25, 0.3) is 0 Å². The molecule has 0 unspecified atom stereocenters. The lowest BCUT2D eigenvalue weighted by Gasteiger charge is -2.38. The lowest BCUT2D eigenvalue weighted by molar-refractivity contribution is -0.132. The standard InChI is InChI=1S/C16H29N3O2/c1-12-9-18(10-13(2)21-12)11-15-4-3-7-19(15)16(20)8-17-14-5-6-14/h12-15,17H,3-11H2,1-2H3/t12-,13+,15-/m1/s1. The first-order valence-corrected chi connectivity index (χ1v) is 8.52. The summed E-state index contributed by atoms with van der Waals surface area (Å²) in [6.45, 7) is 8.72. The number of rotatable bonds is 5. The zero-order valence-electron chi connectivity index (χ0n) is 13.4. The van der Waals surface area contributed by atoms with Crippen molar-refractivity contribution in [2.75, 3.05) is 32.7 Å². The van der Waals surface area contributed by atoms with Crippen molar-refractivity contribution in [1.29, 1.82) is 0 Å². The maximum absolute atomic E-state index is 12.4. The molecule has 3 rings (SSSR count). The van der Waals surface area contributed by atoms with Gasteiger partial charge in [0.05, 0.1) is 18.8 Å². The Morgan fingerprint density at radius 1 is 1.19 bits per heavy atom. The van der Waals surface area contributed by atoms with Crippen molar-refractivity contribution in [2.45, 2.75) is 63.8 Å². The minimum absolute atomic E-state index is 0.291. The maximum atomic E-state index is 12.4. The van der Waals surface area contributed by atoms with Crippen molar-refractivity contribution in [3.05, 3.63) is 0 Å². The van der Waals surface area contributed by atoms with Crippen LogP contribution in [-0.2, 0) is 9.53 Å². The number of nitrogens with one attached hydrogen (secondary N) is 1. The van der Waals surface area contributed by atoms with Gasteiger partial charge in [-0.25, -0.2) is 0 Å². The maximum Gasteiger partial charge on any atom is 0.236 e. The van der Waals surface area contributed by atoms with Crippen LogP contribution in [-0.4, -0.2) is 72.7 Å². The Labute approximate surface area is 128 Å². The number of carbonyl (C=O) groups is 1. The summed E-state index contributed by atoms with van der Waals surface area (Å²) in [6, 6.07) is 1.01. The summed E-state index contributed by atoms with van der Waals surface area (Å²) in [7, 11) is 0. The Morgan fingerprint density at radius 2 is 1.90 bits per heavy atom. The number of likely N-dealkylation sites (tertiary alicyclic amines) is 1. The quantitative estimate of drug-likeness (QED) is 0.816. The Balaban J connectivity index is 1.49. The molecule has 2 aliphatic heterocycles. The molecule has 0 bridgehead atoms. The van der Waals surface area contributed by atoms with Crippen molar-refractivity contribution in [3.63, 3.8) is 0 Å². The van der Waals surface area contributed by atoms with Gasteiger partial charge in [-0.3, -0.25) is 9.69 Å². The fourth-order valence-corrected chi connectivity index (χ4v) is 3.71. The summed E-state index contributed by atoms with van der Waals surface area (Å²) >= 11 is 0. The Hall–Kier alpha value is -0.650. The van der Waals surface area contributed by atoms with Crippen LogP contribution in [0.25, 0.3) is 0 Å². The molecule has 0 spiro atoms. The Morgan fingerprint density at radius 3 is 2.57 bits per heavy atom. The Kier molecular flexibility index (Phi) is 4.82. The second-order valence-corrected chi connectivity index (χ2v) is 7.01. The molecular formula is C16H29N3O2. The van der Waals surface area contributed by atoms with Crippen LogP contribution in [0.2, 0.25) is 0 Å². The lowest BCUT2D eigenvalue weighted by atomic mass is 10.1. The fraction of sp³-hybridized carbons (Fsp3) is 0.938. The van der Waals surface area contributed by atoms with Gasteiger partial charge in [0, 0.05) is 38.3 Å². The van der Waals surface area contributed by atoms with E-state index in [0.29, 0.717) is 36.7 Å². The van der Waals surface area contributed by atoms with Crippen LogP contribution in [0.1, 0.15) is 39.5 Å². The first kappa shape index (κ1) is 15.3. The van der Waals surface area contributed by atoms with Gasteiger partial charge in [0.1, 0.15) is 0 Å². The third kappa shape index (κ3) is 4.18. The van der Waals surface area contributed by atoms with E-state index in [0.717, 1.165) is 39.0 Å². The molecule has 1 amide bonds. The molecule has 0 aromatic rings. The zero-order chi connectivity index (χ0) is 14.8. The molecule has 2 heterocycles. The van der Waals surface area contributed by atoms with Crippen LogP contribution in [0.15, 0.2) is 0 Å². The summed E-state index contributed by atoms with van der Waals surface area (Å²) in [5.41, 5.74) is 0. The number of morpholine rings is 1. The van der Waals surface area contributed by atoms with Gasteiger partial charge in [-0.2, -0.15) is 0 Å². The van der Waals surface area contributed by atoms with E-state index < -0.39 is 0 Å². The molecule has 1 aliphatic carbocycles. The van der Waals surface area contributed by atoms with Crippen molar-refractivity contribution in [1.82, 2.24) is 15.1 Å². The molecule has 2 saturated heterocycles. The van der Waals surface area contributed by atoms with Crippen LogP contribution in [0.4, 0.5) is 0 Å². The summed E-state index contributed by atoms with van der Waals surface area (Å²) < 4.78 is 5.79. The molecule has 3 atom stereocenters. The van der Waals surface area contributed by atoms with E-state index in [1.807, 2.05) is 0 Å². The highest BCUT2D eigenvalue weighted by molar-refractivity contribution is 5.79. The van der Waals surface area contributed by atoms with E-state index in [9.17, 15) is 4.79 Å². The van der Waals surface area contributed by atoms with Gasteiger partial charge in [-0.05, 0) is 39.5 Å². The third-order valence-electron chi connectivity index (χ3n) is 4.78. The van der Waals surface area contributed by atoms with Crippen LogP contribution in [0, 0.1) is 0 Å². The average Bonchev–Trinajstić information content (AvgIpc) is 3.13. The molecular weight excluding hydrogens is 266 g/mol. The summed E-state index contributed by atoms with van der Waals surface area (Å²) in [5, 5.41) is 3.35. The predicted octanol–water partition coefficient (Wildman–Crippen LogP) is 0.839. The Bertz CT molecular complexity index is 363. The van der Waals surface area contributed by atoms with Crippen molar-refractivity contribution < 1.29 is 9.53 Å². The molecule has 0 radical (unpaired) electrons. The van der Waals surface area contributed by atoms with E-state index >= 15 is 0 Å². The minimum atomic E-state index is 0.291. The van der Waals surface area contributed by atoms with Crippen molar-refractivity contribution in [2.24, 2.45) is 0 Å². The molecule has 0 aromatic carbocycles. The fourth-order valence-electron chi connectivity index (χ4n) is 3.71. The van der Waals surface area contributed by atoms with E-state index in [1.165, 1.54) is 12.8 Å². The predicted molar refractivity (Wildman–Crippen MR) is 82.2 cm³/mol. The average molecular weight is 295 g/mol. The van der Waals surface area contributed by atoms with E-state index in [2.05, 4.69) is 29.0 Å². The van der Waals surface area contributed by atoms with E-state index in [-0.39, 0.29) is 0 Å². The smallest absolute Gasteiger partial charge is 0.236 e. The third-order valence-corrected chi connectivity index (χ3v) is 4.78. The van der Waals surface area contributed by atoms with Gasteiger partial charge < -0.3 is 15.0 Å². The summed E-state index contributed by atoms with van der Waals surface area (Å²) in [5.74, 6) is 0.291. The van der Waals surface area contributed by atoms with Crippen LogP contribution in [0.3, 0.4) is 0 Å². The van der Waals surface area contributed by atoms with Crippen LogP contribution >= 0.6 is 0 Å². The monoisotopic (exact) mass is 295 g/mol. The molecule has 120 valence electrons. The molecule has 1 N–H and O–H groups in total. The number of carbonyl (C=O) groups excluding carboxylic acids is 1. The van der Waals surface area contributed by atoms with Gasteiger partial charge >= 0.3 is 0 Å². The zero-order valence-corrected chi connectivity index (χ0v) is 13.4. The summed E-state index contributed by atoms with van der Waals surface area (Å²) in [4.78, 5) is 17.0. The lowest BCUT2D eigenvalue weighted by Crippen LogP contribution is -2.51. The number of nitrogens with zero attached hydrogens (tertiary/aromatic N) is 2. The highest BCUT2D eigenvalue weighted by atomic mass is 16.5. The number of hydrogen-bond acceptors (Lipinski definition) is 4. The topological polar surface area (TPSA) is 44.8 Å². The van der Waals surface area contributed by atoms with Crippen molar-refractivity contribution >= 4 is 5.91 Å². The molecule has 5 heteroatoms. The van der Waals surface area contributed by atoms with Crippen molar-refractivity contribution in [3.8, 4) is 0 Å². The molecule has 0 aromatic heterocycles. The molecule has 3 aliphatic rings. The molecule has 21 heavy (non-hydrogen) atoms. The van der Waals surface area contributed by atoms with E-state index in [4.69, 9.17) is 4.74 Å². The normalized spacial score (nSPS) is 34.4. The van der Waals surface area contributed by atoms with Gasteiger partial charge in [0.2, 0.25) is 5.91 Å². The number of ether oxygens (including phenoxy) is 1. The molecule has 3 fully saturated rings. The second kappa shape index (κ2) is 6.63.